The molecule has 0 atom stereocenters. The van der Waals surface area contributed by atoms with E-state index in [0.717, 1.165) is 0 Å². The van der Waals surface area contributed by atoms with E-state index in [0.29, 0.717) is 6.29 Å². The zero-order valence-corrected chi connectivity index (χ0v) is 3.51. The fourth-order valence-corrected chi connectivity index (χ4v) is 0.0680. The van der Waals surface area contributed by atoms with Crippen LogP contribution in [0, 0.1) is 0 Å². The first-order chi connectivity index (χ1) is 2.81. The predicted octanol–water partition coefficient (Wildman–Crippen LogP) is 0.647. The minimum absolute atomic E-state index is 0.213. The number of aliphatic hydroxyl groups excluding tert-OH is 1. The Morgan fingerprint density at radius 1 is 1.83 bits per heavy atom. The number of aldehydes is 1. The van der Waals surface area contributed by atoms with Gasteiger partial charge in [0.1, 0.15) is 0 Å². The Morgan fingerprint density at radius 3 is 2.33 bits per heavy atom. The van der Waals surface area contributed by atoms with Gasteiger partial charge >= 0.3 is 0 Å². The Kier molecular flexibility index (Phi) is 2.13. The summed E-state index contributed by atoms with van der Waals surface area (Å²) < 4.78 is 0. The van der Waals surface area contributed by atoms with Crippen LogP contribution in [0.4, 0.5) is 0 Å². The van der Waals surface area contributed by atoms with Crippen molar-refractivity contribution < 1.29 is 9.90 Å². The highest BCUT2D eigenvalue weighted by molar-refractivity contribution is 5.69. The van der Waals surface area contributed by atoms with Crippen LogP contribution in [-0.4, -0.2) is 11.4 Å². The Morgan fingerprint density at radius 2 is 2.33 bits per heavy atom. The van der Waals surface area contributed by atoms with Crippen LogP contribution >= 0.6 is 0 Å². The zero-order chi connectivity index (χ0) is 4.99. The molecule has 0 fully saturated rings. The van der Waals surface area contributed by atoms with Crippen LogP contribution in [-0.2, 0) is 4.79 Å². The van der Waals surface area contributed by atoms with Crippen LogP contribution in [0.1, 0.15) is 6.92 Å². The predicted molar refractivity (Wildman–Crippen MR) is 22.4 cm³/mol. The van der Waals surface area contributed by atoms with Gasteiger partial charge in [0.15, 0.2) is 12.0 Å². The van der Waals surface area contributed by atoms with Crippen molar-refractivity contribution in [1.82, 2.24) is 0 Å². The molecule has 0 amide bonds. The number of carbonyl (C=O) groups is 1. The molecule has 0 aromatic carbocycles. The second-order valence-corrected chi connectivity index (χ2v) is 0.831. The number of allylic oxidation sites excluding steroid dienone is 2. The summed E-state index contributed by atoms with van der Waals surface area (Å²) in [5.41, 5.74) is 0. The fourth-order valence-electron chi connectivity index (χ4n) is 0.0680. The van der Waals surface area contributed by atoms with Gasteiger partial charge in [-0.05, 0) is 13.0 Å². The van der Waals surface area contributed by atoms with Crippen molar-refractivity contribution in [2.75, 3.05) is 0 Å². The van der Waals surface area contributed by atoms with Crippen LogP contribution < -0.4 is 0 Å². The third-order valence-corrected chi connectivity index (χ3v) is 0.417. The lowest BCUT2D eigenvalue weighted by molar-refractivity contribution is -0.106. The minimum Gasteiger partial charge on any atom is -0.505 e. The first-order valence-electron chi connectivity index (χ1n) is 1.61. The molecule has 0 spiro atoms. The van der Waals surface area contributed by atoms with Crippen molar-refractivity contribution in [3.63, 3.8) is 0 Å². The van der Waals surface area contributed by atoms with Crippen molar-refractivity contribution in [3.8, 4) is 0 Å². The fraction of sp³-hybridized carbons (Fsp3) is 0.250. The second-order valence-electron chi connectivity index (χ2n) is 0.831. The van der Waals surface area contributed by atoms with Crippen molar-refractivity contribution in [2.45, 2.75) is 6.92 Å². The Balaban J connectivity index is 3.50. The quantitative estimate of drug-likeness (QED) is 0.289. The van der Waals surface area contributed by atoms with Gasteiger partial charge in [0.2, 0.25) is 0 Å². The molecule has 0 aromatic heterocycles. The van der Waals surface area contributed by atoms with Crippen LogP contribution in [0.25, 0.3) is 0 Å². The third kappa shape index (κ3) is 1.52. The van der Waals surface area contributed by atoms with Crippen molar-refractivity contribution >= 4 is 6.29 Å². The maximum atomic E-state index is 9.42. The average molecular weight is 86.1 g/mol. The van der Waals surface area contributed by atoms with Gasteiger partial charge in [0, 0.05) is 0 Å². The summed E-state index contributed by atoms with van der Waals surface area (Å²) >= 11 is 0. The molecule has 0 saturated heterocycles. The van der Waals surface area contributed by atoms with E-state index in [2.05, 4.69) is 0 Å². The topological polar surface area (TPSA) is 37.3 Å². The molecule has 2 heteroatoms. The highest BCUT2D eigenvalue weighted by Crippen LogP contribution is 1.74. The molecule has 0 aliphatic carbocycles. The molecule has 34 valence electrons. The normalized spacial score (nSPS) is 11.2. The molecule has 0 aromatic rings. The molecule has 0 aliphatic rings. The van der Waals surface area contributed by atoms with Gasteiger partial charge in [-0.15, -0.1) is 0 Å². The van der Waals surface area contributed by atoms with E-state index in [1.807, 2.05) is 0 Å². The SMILES string of the molecule is CC=C(O)C=O. The molecule has 0 bridgehead atoms. The lowest BCUT2D eigenvalue weighted by Gasteiger charge is -1.74. The van der Waals surface area contributed by atoms with Crippen LogP contribution in [0.15, 0.2) is 11.8 Å². The maximum Gasteiger partial charge on any atom is 0.184 e. The molecular weight excluding hydrogens is 80.0 g/mol. The minimum atomic E-state index is -0.213. The highest BCUT2D eigenvalue weighted by atomic mass is 16.3. The number of aliphatic hydroxyl groups is 1. The molecule has 1 N–H and O–H groups in total. The van der Waals surface area contributed by atoms with Crippen LogP contribution in [0.5, 0.6) is 0 Å². The number of hydrogen-bond donors (Lipinski definition) is 1. The smallest absolute Gasteiger partial charge is 0.184 e. The summed E-state index contributed by atoms with van der Waals surface area (Å²) in [4.78, 5) is 9.42. The van der Waals surface area contributed by atoms with Gasteiger partial charge in [0.05, 0.1) is 0 Å². The summed E-state index contributed by atoms with van der Waals surface area (Å²) in [6.07, 6.45) is 1.72. The van der Waals surface area contributed by atoms with E-state index < -0.39 is 0 Å². The standard InChI is InChI=1S/C4H6O2/c1-2-4(6)3-5/h2-3,6H,1H3. The molecule has 6 heavy (non-hydrogen) atoms. The van der Waals surface area contributed by atoms with Crippen molar-refractivity contribution in [1.29, 1.82) is 0 Å². The van der Waals surface area contributed by atoms with E-state index in [9.17, 15) is 4.79 Å². The third-order valence-electron chi connectivity index (χ3n) is 0.417. The number of carbonyl (C=O) groups excluding carboxylic acids is 1. The van der Waals surface area contributed by atoms with Gasteiger partial charge in [-0.1, -0.05) is 0 Å². The summed E-state index contributed by atoms with van der Waals surface area (Å²) in [6.45, 7) is 1.59. The molecule has 0 rings (SSSR count). The highest BCUT2D eigenvalue weighted by Gasteiger charge is 1.75. The Hall–Kier alpha value is -0.790. The molecule has 0 aliphatic heterocycles. The summed E-state index contributed by atoms with van der Waals surface area (Å²) in [7, 11) is 0. The summed E-state index contributed by atoms with van der Waals surface area (Å²) in [5, 5.41) is 8.16. The van der Waals surface area contributed by atoms with E-state index in [1.54, 1.807) is 6.92 Å². The molecule has 0 heterocycles. The first-order valence-corrected chi connectivity index (χ1v) is 1.61. The van der Waals surface area contributed by atoms with Crippen LogP contribution in [0.3, 0.4) is 0 Å². The lowest BCUT2D eigenvalue weighted by Crippen LogP contribution is -1.75. The molecular formula is C4H6O2. The largest absolute Gasteiger partial charge is 0.505 e. The number of rotatable bonds is 1. The monoisotopic (exact) mass is 86.0 g/mol. The van der Waals surface area contributed by atoms with Gasteiger partial charge < -0.3 is 5.11 Å². The van der Waals surface area contributed by atoms with E-state index >= 15 is 0 Å². The summed E-state index contributed by atoms with van der Waals surface area (Å²) in [6, 6.07) is 0. The van der Waals surface area contributed by atoms with E-state index in [-0.39, 0.29) is 5.76 Å². The van der Waals surface area contributed by atoms with Crippen molar-refractivity contribution in [2.24, 2.45) is 0 Å². The first kappa shape index (κ1) is 5.21. The van der Waals surface area contributed by atoms with Gasteiger partial charge in [0.25, 0.3) is 0 Å². The molecule has 0 unspecified atom stereocenters. The molecule has 0 saturated carbocycles. The maximum absolute atomic E-state index is 9.42. The van der Waals surface area contributed by atoms with Gasteiger partial charge in [-0.3, -0.25) is 4.79 Å². The van der Waals surface area contributed by atoms with Gasteiger partial charge in [-0.25, -0.2) is 0 Å². The van der Waals surface area contributed by atoms with Crippen molar-refractivity contribution in [3.05, 3.63) is 11.8 Å². The molecule has 0 radical (unpaired) electrons. The second kappa shape index (κ2) is 2.45. The number of hydrogen-bond acceptors (Lipinski definition) is 2. The Labute approximate surface area is 36.1 Å². The average Bonchev–Trinajstić information content (AvgIpc) is 1.65. The van der Waals surface area contributed by atoms with E-state index in [4.69, 9.17) is 5.11 Å². The van der Waals surface area contributed by atoms with Crippen LogP contribution in [0.2, 0.25) is 0 Å². The van der Waals surface area contributed by atoms with E-state index in [1.165, 1.54) is 6.08 Å². The summed E-state index contributed by atoms with van der Waals surface area (Å²) in [5.74, 6) is -0.213. The van der Waals surface area contributed by atoms with Gasteiger partial charge in [-0.2, -0.15) is 0 Å². The Bertz CT molecular complexity index is 73.6. The lowest BCUT2D eigenvalue weighted by atomic mass is 10.5. The molecule has 2 nitrogen and oxygen atoms in total. The zero-order valence-electron chi connectivity index (χ0n) is 3.51.